The molecule has 3 atom stereocenters. The molecule has 1 aliphatic rings. The molecule has 1 aliphatic heterocycles. The zero-order valence-electron chi connectivity index (χ0n) is 27.3. The second kappa shape index (κ2) is 15.2. The van der Waals surface area contributed by atoms with Crippen LogP contribution in [0, 0.1) is 0 Å². The number of carbonyl (C=O) groups excluding carboxylic acids is 1. The van der Waals surface area contributed by atoms with Crippen molar-refractivity contribution in [2.75, 3.05) is 26.1 Å². The Kier molecular flexibility index (Phi) is 10.6. The minimum absolute atomic E-state index is 0.00257. The summed E-state index contributed by atoms with van der Waals surface area (Å²) in [4.78, 5) is 30.3. The number of aromatic nitrogens is 2. The maximum atomic E-state index is 13.3. The molecule has 252 valence electrons. The summed E-state index contributed by atoms with van der Waals surface area (Å²) >= 11 is -0.118. The fourth-order valence-corrected chi connectivity index (χ4v) is 7.05. The van der Waals surface area contributed by atoms with Gasteiger partial charge in [0.2, 0.25) is 0 Å². The number of hydrogen-bond donors (Lipinski definition) is 2. The van der Waals surface area contributed by atoms with E-state index < -0.39 is 29.7 Å². The molecule has 0 saturated carbocycles. The van der Waals surface area contributed by atoms with Crippen LogP contribution in [0.2, 0.25) is 5.82 Å². The van der Waals surface area contributed by atoms with Crippen LogP contribution in [-0.2, 0) is 15.1 Å². The molecule has 0 spiro atoms. The van der Waals surface area contributed by atoms with Gasteiger partial charge in [-0.2, -0.15) is 0 Å². The molecule has 1 amide bonds. The molecule has 0 aliphatic carbocycles. The summed E-state index contributed by atoms with van der Waals surface area (Å²) in [5.41, 5.74) is 1.33. The van der Waals surface area contributed by atoms with Crippen LogP contribution in [0.5, 0.6) is 11.5 Å². The van der Waals surface area contributed by atoms with Crippen LogP contribution < -0.4 is 24.9 Å². The molecule has 2 N–H and O–H groups in total. The van der Waals surface area contributed by atoms with E-state index in [9.17, 15) is 14.7 Å². The van der Waals surface area contributed by atoms with E-state index in [0.717, 1.165) is 21.2 Å². The van der Waals surface area contributed by atoms with Crippen LogP contribution in [0.1, 0.15) is 39.7 Å². The normalized spacial score (nSPS) is 17.4. The third-order valence-electron chi connectivity index (χ3n) is 8.56. The SMILES string of the molecule is COc1ccc(C(OC[C@H]2O[C@@H](n3cc([Se]C)c(NC(=O)c4ccccc4)nc3=O)C[C@@H]2O)(c2ccccc2)c2ccc(OC)cc2)cc1. The molecule has 10 nitrogen and oxygen atoms in total. The van der Waals surface area contributed by atoms with Crippen LogP contribution >= 0.6 is 0 Å². The summed E-state index contributed by atoms with van der Waals surface area (Å²) in [5, 5.41) is 14.0. The van der Waals surface area contributed by atoms with E-state index in [1.807, 2.05) is 90.8 Å². The second-order valence-electron chi connectivity index (χ2n) is 11.4. The average molecular weight is 727 g/mol. The average Bonchev–Trinajstić information content (AvgIpc) is 3.52. The van der Waals surface area contributed by atoms with Gasteiger partial charge in [0.25, 0.3) is 0 Å². The third-order valence-corrected chi connectivity index (χ3v) is 10.1. The van der Waals surface area contributed by atoms with Crippen molar-refractivity contribution in [2.45, 2.75) is 36.3 Å². The Hall–Kier alpha value is -4.77. The topological polar surface area (TPSA) is 121 Å². The van der Waals surface area contributed by atoms with E-state index in [2.05, 4.69) is 10.3 Å². The van der Waals surface area contributed by atoms with Gasteiger partial charge < -0.3 is 9.47 Å². The Morgan fingerprint density at radius 1 is 0.898 bits per heavy atom. The van der Waals surface area contributed by atoms with Crippen molar-refractivity contribution in [3.63, 3.8) is 0 Å². The molecule has 5 aromatic rings. The number of anilines is 1. The number of aliphatic hydroxyl groups excluding tert-OH is 1. The predicted octanol–water partition coefficient (Wildman–Crippen LogP) is 4.55. The molecule has 1 fully saturated rings. The summed E-state index contributed by atoms with van der Waals surface area (Å²) in [5.74, 6) is 3.25. The van der Waals surface area contributed by atoms with Crippen LogP contribution in [0.3, 0.4) is 0 Å². The molecule has 4 aromatic carbocycles. The molecule has 1 saturated heterocycles. The molecule has 2 heterocycles. The minimum atomic E-state index is -1.10. The number of carbonyl (C=O) groups is 1. The van der Waals surface area contributed by atoms with Gasteiger partial charge in [-0.3, -0.25) is 0 Å². The quantitative estimate of drug-likeness (QED) is 0.142. The van der Waals surface area contributed by atoms with Crippen LogP contribution in [0.25, 0.3) is 0 Å². The third kappa shape index (κ3) is 7.17. The summed E-state index contributed by atoms with van der Waals surface area (Å²) in [7, 11) is 3.24. The molecule has 0 unspecified atom stereocenters. The van der Waals surface area contributed by atoms with Gasteiger partial charge in [-0.25, -0.2) is 0 Å². The monoisotopic (exact) mass is 727 g/mol. The number of hydrogen-bond acceptors (Lipinski definition) is 8. The number of rotatable bonds is 12. The van der Waals surface area contributed by atoms with E-state index in [1.54, 1.807) is 44.7 Å². The Balaban J connectivity index is 1.29. The summed E-state index contributed by atoms with van der Waals surface area (Å²) in [6.45, 7) is 0.00257. The van der Waals surface area contributed by atoms with Crippen molar-refractivity contribution in [1.82, 2.24) is 9.55 Å². The Morgan fingerprint density at radius 2 is 1.45 bits per heavy atom. The van der Waals surface area contributed by atoms with Gasteiger partial charge in [-0.05, 0) is 0 Å². The Bertz CT molecular complexity index is 1870. The van der Waals surface area contributed by atoms with Crippen LogP contribution in [0.4, 0.5) is 5.82 Å². The summed E-state index contributed by atoms with van der Waals surface area (Å²) in [6, 6.07) is 34.0. The molecule has 11 heteroatoms. The molecule has 0 radical (unpaired) electrons. The first-order valence-electron chi connectivity index (χ1n) is 15.7. The molecular weight excluding hydrogens is 689 g/mol. The van der Waals surface area contributed by atoms with Gasteiger partial charge in [0.1, 0.15) is 11.5 Å². The van der Waals surface area contributed by atoms with Gasteiger partial charge >= 0.3 is 250 Å². The van der Waals surface area contributed by atoms with Gasteiger partial charge in [0, 0.05) is 0 Å². The Morgan fingerprint density at radius 3 is 2.00 bits per heavy atom. The zero-order valence-corrected chi connectivity index (χ0v) is 29.0. The van der Waals surface area contributed by atoms with Crippen molar-refractivity contribution in [3.05, 3.63) is 148 Å². The number of nitrogens with one attached hydrogen (secondary N) is 1. The number of benzene rings is 4. The predicted molar refractivity (Wildman–Crippen MR) is 187 cm³/mol. The molecule has 0 bridgehead atoms. The number of aliphatic hydroxyl groups is 1. The zero-order chi connectivity index (χ0) is 34.4. The van der Waals surface area contributed by atoms with Crippen molar-refractivity contribution in [2.24, 2.45) is 0 Å². The van der Waals surface area contributed by atoms with Gasteiger partial charge in [-0.1, -0.05) is 6.07 Å². The van der Waals surface area contributed by atoms with Crippen molar-refractivity contribution < 1.29 is 28.8 Å². The van der Waals surface area contributed by atoms with E-state index in [-0.39, 0.29) is 39.7 Å². The van der Waals surface area contributed by atoms with E-state index in [1.165, 1.54) is 4.57 Å². The fourth-order valence-electron chi connectivity index (χ4n) is 5.98. The van der Waals surface area contributed by atoms with E-state index >= 15 is 0 Å². The number of methoxy groups -OCH3 is 2. The number of ether oxygens (including phenoxy) is 4. The molecular formula is C38H37N3O7Se. The maximum absolute atomic E-state index is 13.3. The first kappa shape index (κ1) is 34.1. The summed E-state index contributed by atoms with van der Waals surface area (Å²) in [6.07, 6.45) is -0.642. The van der Waals surface area contributed by atoms with Crippen LogP contribution in [-0.4, -0.2) is 68.6 Å². The molecule has 49 heavy (non-hydrogen) atoms. The first-order valence-corrected chi connectivity index (χ1v) is 18.3. The first-order chi connectivity index (χ1) is 23.9. The van der Waals surface area contributed by atoms with Crippen molar-refractivity contribution >= 4 is 31.1 Å². The molecule has 1 aromatic heterocycles. The van der Waals surface area contributed by atoms with Gasteiger partial charge in [0.15, 0.2) is 0 Å². The van der Waals surface area contributed by atoms with Crippen molar-refractivity contribution in [1.29, 1.82) is 0 Å². The Labute approximate surface area is 290 Å². The van der Waals surface area contributed by atoms with Crippen molar-refractivity contribution in [3.8, 4) is 11.5 Å². The van der Waals surface area contributed by atoms with E-state index in [4.69, 9.17) is 18.9 Å². The van der Waals surface area contributed by atoms with Crippen LogP contribution in [0.15, 0.2) is 120 Å². The fraction of sp³-hybridized carbons (Fsp3) is 0.237. The molecule has 6 rings (SSSR count). The summed E-state index contributed by atoms with van der Waals surface area (Å²) < 4.78 is 26.3. The standard InChI is InChI=1S/C38H37N3O7Se/c1-45-29-18-14-27(15-19-29)38(26-12-8-5-9-13-26,28-16-20-30(46-2)21-17-28)47-24-32-31(42)22-34(48-32)41-23-33(49-3)35(40-37(41)44)39-36(43)25-10-6-4-7-11-25/h4-21,23,31-32,34,42H,22,24H2,1-3H3,(H,39,40,43,44)/t31-,32+,34+/m0/s1. The van der Waals surface area contributed by atoms with E-state index in [0.29, 0.717) is 17.1 Å². The number of amides is 1. The van der Waals surface area contributed by atoms with Gasteiger partial charge in [0.05, 0.1) is 14.2 Å². The number of nitrogens with zero attached hydrogens (tertiary/aromatic N) is 2. The van der Waals surface area contributed by atoms with Gasteiger partial charge in [-0.15, -0.1) is 0 Å². The second-order valence-corrected chi connectivity index (χ2v) is 13.2.